The van der Waals surface area contributed by atoms with Crippen LogP contribution in [0.15, 0.2) is 24.5 Å². The van der Waals surface area contributed by atoms with Crippen molar-refractivity contribution in [3.63, 3.8) is 0 Å². The molecular weight excluding hydrogens is 427 g/mol. The molecule has 6 rings (SSSR count). The molecule has 0 spiro atoms. The monoisotopic (exact) mass is 452 g/mol. The number of hydrogen-bond acceptors (Lipinski definition) is 8. The van der Waals surface area contributed by atoms with Crippen LogP contribution in [0.2, 0.25) is 0 Å². The highest BCUT2D eigenvalue weighted by atomic mass is 19.1. The lowest BCUT2D eigenvalue weighted by Crippen LogP contribution is -2.41. The van der Waals surface area contributed by atoms with Crippen molar-refractivity contribution in [2.75, 3.05) is 30.8 Å². The largest absolute Gasteiger partial charge is 0.494 e. The van der Waals surface area contributed by atoms with Crippen molar-refractivity contribution in [2.45, 2.75) is 43.7 Å². The number of anilines is 2. The quantitative estimate of drug-likeness (QED) is 0.473. The molecule has 1 aliphatic heterocycles. The molecule has 1 saturated carbocycles. The smallest absolute Gasteiger partial charge is 0.223 e. The summed E-state index contributed by atoms with van der Waals surface area (Å²) in [6, 6.07) is 2.88. The van der Waals surface area contributed by atoms with Gasteiger partial charge in [-0.2, -0.15) is 9.61 Å². The zero-order valence-electron chi connectivity index (χ0n) is 18.3. The van der Waals surface area contributed by atoms with Gasteiger partial charge in [-0.3, -0.25) is 4.68 Å². The van der Waals surface area contributed by atoms with E-state index in [0.29, 0.717) is 28.9 Å². The number of hydrogen-bond donors (Lipinski definition) is 2. The molecule has 4 aromatic rings. The van der Waals surface area contributed by atoms with Gasteiger partial charge in [0.15, 0.2) is 23.0 Å². The van der Waals surface area contributed by atoms with Crippen LogP contribution in [0.1, 0.15) is 37.4 Å². The Morgan fingerprint density at radius 3 is 2.91 bits per heavy atom. The van der Waals surface area contributed by atoms with Gasteiger partial charge in [-0.25, -0.2) is 14.4 Å². The Bertz CT molecular complexity index is 1360. The van der Waals surface area contributed by atoms with Gasteiger partial charge < -0.3 is 20.5 Å². The Morgan fingerprint density at radius 2 is 2.15 bits per heavy atom. The van der Waals surface area contributed by atoms with Gasteiger partial charge in [-0.05, 0) is 31.7 Å². The van der Waals surface area contributed by atoms with E-state index < -0.39 is 11.4 Å². The number of nitrogens with two attached hydrogens (primary N) is 1. The van der Waals surface area contributed by atoms with Crippen LogP contribution in [0.4, 0.5) is 16.0 Å². The van der Waals surface area contributed by atoms with Crippen molar-refractivity contribution in [1.82, 2.24) is 29.4 Å². The normalized spacial score (nSPS) is 20.0. The van der Waals surface area contributed by atoms with Crippen molar-refractivity contribution < 1.29 is 14.2 Å². The van der Waals surface area contributed by atoms with Gasteiger partial charge in [-0.1, -0.05) is 0 Å². The lowest BCUT2D eigenvalue weighted by molar-refractivity contribution is -0.0498. The van der Waals surface area contributed by atoms with Crippen molar-refractivity contribution in [3.05, 3.63) is 36.2 Å². The molecule has 1 aliphatic carbocycles. The van der Waals surface area contributed by atoms with E-state index in [-0.39, 0.29) is 17.6 Å². The minimum Gasteiger partial charge on any atom is -0.494 e. The number of ether oxygens (including phenoxy) is 1. The SMILES string of the molecule is COc1cc2nc(N)n3nc([C@@H]4CCN(c5cnn(CC6(O)CCC6)c5)C4)nc3c2cc1F. The fourth-order valence-corrected chi connectivity index (χ4v) is 4.83. The van der Waals surface area contributed by atoms with Gasteiger partial charge in [0.05, 0.1) is 36.7 Å². The Hall–Kier alpha value is -3.47. The number of fused-ring (bicyclic) bond motifs is 3. The van der Waals surface area contributed by atoms with E-state index in [4.69, 9.17) is 15.5 Å². The molecule has 1 aromatic carbocycles. The molecule has 3 N–H and O–H groups in total. The summed E-state index contributed by atoms with van der Waals surface area (Å²) in [7, 11) is 1.41. The third-order valence-corrected chi connectivity index (χ3v) is 6.87. The van der Waals surface area contributed by atoms with E-state index in [0.717, 1.165) is 44.5 Å². The van der Waals surface area contributed by atoms with Crippen molar-refractivity contribution in [2.24, 2.45) is 0 Å². The molecular formula is C22H25FN8O2. The van der Waals surface area contributed by atoms with Crippen LogP contribution in [0, 0.1) is 5.82 Å². The first kappa shape index (κ1) is 20.2. The number of rotatable bonds is 5. The van der Waals surface area contributed by atoms with Gasteiger partial charge >= 0.3 is 0 Å². The molecule has 2 aliphatic rings. The number of nitrogens with zero attached hydrogens (tertiary/aromatic N) is 7. The highest BCUT2D eigenvalue weighted by Crippen LogP contribution is 2.34. The molecule has 33 heavy (non-hydrogen) atoms. The van der Waals surface area contributed by atoms with Gasteiger partial charge in [-0.15, -0.1) is 5.10 Å². The molecule has 172 valence electrons. The van der Waals surface area contributed by atoms with Crippen LogP contribution in [0.5, 0.6) is 5.75 Å². The van der Waals surface area contributed by atoms with Crippen LogP contribution in [0.3, 0.4) is 0 Å². The summed E-state index contributed by atoms with van der Waals surface area (Å²) in [6.45, 7) is 2.11. The minimum absolute atomic E-state index is 0.0987. The molecule has 2 fully saturated rings. The highest BCUT2D eigenvalue weighted by Gasteiger charge is 2.35. The van der Waals surface area contributed by atoms with Crippen molar-refractivity contribution in [1.29, 1.82) is 0 Å². The Labute approximate surface area is 188 Å². The first-order valence-corrected chi connectivity index (χ1v) is 11.1. The van der Waals surface area contributed by atoms with Gasteiger partial charge in [0.2, 0.25) is 5.95 Å². The van der Waals surface area contributed by atoms with E-state index in [1.165, 1.54) is 23.8 Å². The van der Waals surface area contributed by atoms with E-state index in [1.807, 2.05) is 17.1 Å². The van der Waals surface area contributed by atoms with E-state index in [1.54, 1.807) is 0 Å². The second-order valence-electron chi connectivity index (χ2n) is 9.08. The summed E-state index contributed by atoms with van der Waals surface area (Å²) >= 11 is 0. The zero-order valence-corrected chi connectivity index (χ0v) is 18.3. The third-order valence-electron chi connectivity index (χ3n) is 6.87. The van der Waals surface area contributed by atoms with Crippen LogP contribution in [-0.2, 0) is 6.54 Å². The summed E-state index contributed by atoms with van der Waals surface area (Å²) in [6.07, 6.45) is 7.43. The van der Waals surface area contributed by atoms with E-state index in [2.05, 4.69) is 20.1 Å². The number of benzene rings is 1. The van der Waals surface area contributed by atoms with Gasteiger partial charge in [0.25, 0.3) is 0 Å². The predicted molar refractivity (Wildman–Crippen MR) is 120 cm³/mol. The molecule has 0 unspecified atom stereocenters. The van der Waals surface area contributed by atoms with E-state index >= 15 is 0 Å². The topological polar surface area (TPSA) is 120 Å². The van der Waals surface area contributed by atoms with Gasteiger partial charge in [0.1, 0.15) is 0 Å². The summed E-state index contributed by atoms with van der Waals surface area (Å²) in [5, 5.41) is 20.0. The first-order chi connectivity index (χ1) is 15.9. The summed E-state index contributed by atoms with van der Waals surface area (Å²) in [5.41, 5.74) is 7.52. The maximum atomic E-state index is 14.4. The number of halogens is 1. The third kappa shape index (κ3) is 3.34. The molecule has 4 heterocycles. The van der Waals surface area contributed by atoms with Crippen LogP contribution in [0.25, 0.3) is 16.6 Å². The number of aliphatic hydroxyl groups is 1. The van der Waals surface area contributed by atoms with Crippen LogP contribution in [-0.4, -0.2) is 60.3 Å². The molecule has 3 aromatic heterocycles. The Kier molecular flexibility index (Phi) is 4.44. The zero-order chi connectivity index (χ0) is 22.7. The molecule has 11 heteroatoms. The lowest BCUT2D eigenvalue weighted by Gasteiger charge is -2.36. The average molecular weight is 452 g/mol. The molecule has 0 radical (unpaired) electrons. The molecule has 0 amide bonds. The van der Waals surface area contributed by atoms with Crippen molar-refractivity contribution >= 4 is 28.2 Å². The first-order valence-electron chi connectivity index (χ1n) is 11.1. The summed E-state index contributed by atoms with van der Waals surface area (Å²) < 4.78 is 22.7. The van der Waals surface area contributed by atoms with Crippen molar-refractivity contribution in [3.8, 4) is 5.75 Å². The highest BCUT2D eigenvalue weighted by molar-refractivity contribution is 5.93. The minimum atomic E-state index is -0.614. The summed E-state index contributed by atoms with van der Waals surface area (Å²) in [5.74, 6) is 0.566. The fourth-order valence-electron chi connectivity index (χ4n) is 4.83. The molecule has 1 atom stereocenters. The average Bonchev–Trinajstić information content (AvgIpc) is 3.52. The Balaban J connectivity index is 1.27. The second kappa shape index (κ2) is 7.27. The van der Waals surface area contributed by atoms with Crippen LogP contribution >= 0.6 is 0 Å². The number of methoxy groups -OCH3 is 1. The fraction of sp³-hybridized carbons (Fsp3) is 0.455. The summed E-state index contributed by atoms with van der Waals surface area (Å²) in [4.78, 5) is 11.3. The predicted octanol–water partition coefficient (Wildman–Crippen LogP) is 2.11. The molecule has 10 nitrogen and oxygen atoms in total. The van der Waals surface area contributed by atoms with E-state index in [9.17, 15) is 9.50 Å². The number of aromatic nitrogens is 6. The van der Waals surface area contributed by atoms with Crippen LogP contribution < -0.4 is 15.4 Å². The molecule has 0 bridgehead atoms. The standard InChI is InChI=1S/C22H25FN8O2/c1-33-18-8-17-15(7-16(18)23)20-27-19(28-31(20)21(24)26-17)13-3-6-29(10-13)14-9-25-30(11-14)12-22(32)4-2-5-22/h7-9,11,13,32H,2-6,10,12H2,1H3,(H2,24,26)/t13-/m1/s1. The maximum Gasteiger partial charge on any atom is 0.223 e. The number of nitrogen functional groups attached to an aromatic ring is 1. The lowest BCUT2D eigenvalue weighted by atomic mass is 9.80. The second-order valence-corrected chi connectivity index (χ2v) is 9.08. The van der Waals surface area contributed by atoms with Gasteiger partial charge in [0, 0.05) is 36.7 Å². The molecule has 1 saturated heterocycles. The maximum absolute atomic E-state index is 14.4. The Morgan fingerprint density at radius 1 is 1.30 bits per heavy atom.